The number of rotatable bonds is 6. The zero-order chi connectivity index (χ0) is 15.2. The van der Waals surface area contributed by atoms with Crippen molar-refractivity contribution in [1.82, 2.24) is 5.32 Å². The number of ether oxygens (including phenoxy) is 1. The lowest BCUT2D eigenvalue weighted by Gasteiger charge is -2.17. The van der Waals surface area contributed by atoms with Crippen LogP contribution in [0.1, 0.15) is 26.3 Å². The molecule has 0 amide bonds. The summed E-state index contributed by atoms with van der Waals surface area (Å²) in [7, 11) is 0. The Labute approximate surface area is 126 Å². The van der Waals surface area contributed by atoms with E-state index in [9.17, 15) is 4.39 Å². The van der Waals surface area contributed by atoms with Crippen LogP contribution in [0.3, 0.4) is 0 Å². The van der Waals surface area contributed by atoms with Gasteiger partial charge in [0, 0.05) is 12.1 Å². The summed E-state index contributed by atoms with van der Waals surface area (Å²) in [4.78, 5) is 0. The van der Waals surface area contributed by atoms with Gasteiger partial charge in [-0.1, -0.05) is 31.2 Å². The molecule has 0 saturated heterocycles. The number of benzene rings is 2. The SMILES string of the molecule is CCNCc1cc(F)ccc1-c1ccccc1OC(C)C. The van der Waals surface area contributed by atoms with Gasteiger partial charge in [-0.3, -0.25) is 0 Å². The van der Waals surface area contributed by atoms with E-state index in [0.717, 1.165) is 29.0 Å². The smallest absolute Gasteiger partial charge is 0.127 e. The van der Waals surface area contributed by atoms with Gasteiger partial charge < -0.3 is 10.1 Å². The summed E-state index contributed by atoms with van der Waals surface area (Å²) in [6.07, 6.45) is 0.101. The molecule has 0 spiro atoms. The van der Waals surface area contributed by atoms with Crippen LogP contribution in [0.4, 0.5) is 4.39 Å². The molecule has 21 heavy (non-hydrogen) atoms. The maximum Gasteiger partial charge on any atom is 0.127 e. The fraction of sp³-hybridized carbons (Fsp3) is 0.333. The van der Waals surface area contributed by atoms with Gasteiger partial charge in [-0.15, -0.1) is 0 Å². The first kappa shape index (κ1) is 15.5. The predicted octanol–water partition coefficient (Wildman–Crippen LogP) is 4.39. The first-order chi connectivity index (χ1) is 10.1. The molecular formula is C18H22FNO. The molecule has 112 valence electrons. The van der Waals surface area contributed by atoms with Crippen molar-refractivity contribution in [3.63, 3.8) is 0 Å². The van der Waals surface area contributed by atoms with Crippen molar-refractivity contribution < 1.29 is 9.13 Å². The van der Waals surface area contributed by atoms with Crippen LogP contribution < -0.4 is 10.1 Å². The molecule has 1 N–H and O–H groups in total. The second-order valence-corrected chi connectivity index (χ2v) is 5.24. The number of hydrogen-bond acceptors (Lipinski definition) is 2. The highest BCUT2D eigenvalue weighted by Crippen LogP contribution is 2.33. The molecule has 2 aromatic rings. The molecule has 0 unspecified atom stereocenters. The summed E-state index contributed by atoms with van der Waals surface area (Å²) in [5.74, 6) is 0.616. The molecule has 0 aromatic heterocycles. The van der Waals surface area contributed by atoms with E-state index in [1.165, 1.54) is 6.07 Å². The molecular weight excluding hydrogens is 265 g/mol. The Balaban J connectivity index is 2.45. The van der Waals surface area contributed by atoms with E-state index in [0.29, 0.717) is 6.54 Å². The van der Waals surface area contributed by atoms with E-state index in [2.05, 4.69) is 5.32 Å². The topological polar surface area (TPSA) is 21.3 Å². The normalized spacial score (nSPS) is 10.9. The molecule has 0 fully saturated rings. The van der Waals surface area contributed by atoms with E-state index in [-0.39, 0.29) is 11.9 Å². The molecule has 2 nitrogen and oxygen atoms in total. The molecule has 0 radical (unpaired) electrons. The summed E-state index contributed by atoms with van der Waals surface area (Å²) in [6, 6.07) is 12.8. The summed E-state index contributed by atoms with van der Waals surface area (Å²) < 4.78 is 19.4. The van der Waals surface area contributed by atoms with E-state index in [1.54, 1.807) is 6.07 Å². The third-order valence-electron chi connectivity index (χ3n) is 3.17. The van der Waals surface area contributed by atoms with E-state index >= 15 is 0 Å². The van der Waals surface area contributed by atoms with Gasteiger partial charge in [-0.05, 0) is 49.7 Å². The van der Waals surface area contributed by atoms with Crippen LogP contribution in [0.5, 0.6) is 5.75 Å². The lowest BCUT2D eigenvalue weighted by molar-refractivity contribution is 0.243. The Bertz CT molecular complexity index is 596. The molecule has 0 aliphatic carbocycles. The summed E-state index contributed by atoms with van der Waals surface area (Å²) in [5, 5.41) is 3.25. The van der Waals surface area contributed by atoms with Gasteiger partial charge in [0.25, 0.3) is 0 Å². The zero-order valence-electron chi connectivity index (χ0n) is 12.8. The van der Waals surface area contributed by atoms with Gasteiger partial charge in [0.1, 0.15) is 11.6 Å². The Morgan fingerprint density at radius 3 is 2.57 bits per heavy atom. The van der Waals surface area contributed by atoms with Gasteiger partial charge in [0.05, 0.1) is 6.10 Å². The first-order valence-corrected chi connectivity index (χ1v) is 7.37. The van der Waals surface area contributed by atoms with Crippen LogP contribution in [0.2, 0.25) is 0 Å². The Morgan fingerprint density at radius 1 is 1.10 bits per heavy atom. The molecule has 0 heterocycles. The van der Waals surface area contributed by atoms with Crippen LogP contribution >= 0.6 is 0 Å². The van der Waals surface area contributed by atoms with Crippen molar-refractivity contribution in [1.29, 1.82) is 0 Å². The van der Waals surface area contributed by atoms with Gasteiger partial charge in [-0.2, -0.15) is 0 Å². The van der Waals surface area contributed by atoms with Gasteiger partial charge >= 0.3 is 0 Å². The number of halogens is 1. The average Bonchev–Trinajstić information content (AvgIpc) is 2.45. The molecule has 0 aliphatic heterocycles. The van der Waals surface area contributed by atoms with Crippen molar-refractivity contribution in [2.45, 2.75) is 33.4 Å². The lowest BCUT2D eigenvalue weighted by Crippen LogP contribution is -2.13. The summed E-state index contributed by atoms with van der Waals surface area (Å²) >= 11 is 0. The standard InChI is InChI=1S/C18H22FNO/c1-4-20-12-14-11-15(19)9-10-16(14)17-7-5-6-8-18(17)21-13(2)3/h5-11,13,20H,4,12H2,1-3H3. The fourth-order valence-corrected chi connectivity index (χ4v) is 2.28. The molecule has 0 bridgehead atoms. The zero-order valence-corrected chi connectivity index (χ0v) is 12.8. The van der Waals surface area contributed by atoms with Crippen LogP contribution in [-0.4, -0.2) is 12.6 Å². The Morgan fingerprint density at radius 2 is 1.86 bits per heavy atom. The second-order valence-electron chi connectivity index (χ2n) is 5.24. The maximum atomic E-state index is 13.5. The minimum atomic E-state index is -0.214. The van der Waals surface area contributed by atoms with Gasteiger partial charge in [0.2, 0.25) is 0 Å². The van der Waals surface area contributed by atoms with E-state index < -0.39 is 0 Å². The maximum absolute atomic E-state index is 13.5. The van der Waals surface area contributed by atoms with Crippen LogP contribution in [0.25, 0.3) is 11.1 Å². The van der Waals surface area contributed by atoms with E-state index in [1.807, 2.05) is 51.1 Å². The largest absolute Gasteiger partial charge is 0.490 e. The van der Waals surface area contributed by atoms with Crippen LogP contribution in [0, 0.1) is 5.82 Å². The minimum absolute atomic E-state index is 0.101. The lowest BCUT2D eigenvalue weighted by atomic mass is 9.98. The third kappa shape index (κ3) is 4.05. The molecule has 2 rings (SSSR count). The number of hydrogen-bond donors (Lipinski definition) is 1. The highest BCUT2D eigenvalue weighted by molar-refractivity contribution is 5.73. The predicted molar refractivity (Wildman–Crippen MR) is 85.0 cm³/mol. The van der Waals surface area contributed by atoms with Crippen molar-refractivity contribution in [2.24, 2.45) is 0 Å². The van der Waals surface area contributed by atoms with Gasteiger partial charge in [0.15, 0.2) is 0 Å². The van der Waals surface area contributed by atoms with Crippen LogP contribution in [-0.2, 0) is 6.54 Å². The van der Waals surface area contributed by atoms with E-state index in [4.69, 9.17) is 4.74 Å². The first-order valence-electron chi connectivity index (χ1n) is 7.37. The quantitative estimate of drug-likeness (QED) is 0.850. The van der Waals surface area contributed by atoms with Crippen molar-refractivity contribution >= 4 is 0 Å². The summed E-state index contributed by atoms with van der Waals surface area (Å²) in [6.45, 7) is 7.52. The Hall–Kier alpha value is -1.87. The molecule has 3 heteroatoms. The molecule has 0 atom stereocenters. The highest BCUT2D eigenvalue weighted by Gasteiger charge is 2.12. The monoisotopic (exact) mass is 287 g/mol. The van der Waals surface area contributed by atoms with Crippen molar-refractivity contribution in [3.8, 4) is 16.9 Å². The number of para-hydroxylation sites is 1. The number of nitrogens with one attached hydrogen (secondary N) is 1. The summed E-state index contributed by atoms with van der Waals surface area (Å²) in [5.41, 5.74) is 2.95. The van der Waals surface area contributed by atoms with Crippen molar-refractivity contribution in [2.75, 3.05) is 6.54 Å². The van der Waals surface area contributed by atoms with Crippen molar-refractivity contribution in [3.05, 3.63) is 53.8 Å². The van der Waals surface area contributed by atoms with Gasteiger partial charge in [-0.25, -0.2) is 4.39 Å². The minimum Gasteiger partial charge on any atom is -0.490 e. The average molecular weight is 287 g/mol. The fourth-order valence-electron chi connectivity index (χ4n) is 2.28. The second kappa shape index (κ2) is 7.23. The third-order valence-corrected chi connectivity index (χ3v) is 3.17. The molecule has 0 saturated carbocycles. The molecule has 2 aromatic carbocycles. The van der Waals surface area contributed by atoms with Crippen LogP contribution in [0.15, 0.2) is 42.5 Å². The Kier molecular flexibility index (Phi) is 5.34. The highest BCUT2D eigenvalue weighted by atomic mass is 19.1. The molecule has 0 aliphatic rings.